The summed E-state index contributed by atoms with van der Waals surface area (Å²) in [6.45, 7) is 13.6. The van der Waals surface area contributed by atoms with E-state index in [1.54, 1.807) is 0 Å². The molecule has 1 rings (SSSR count). The predicted octanol–water partition coefficient (Wildman–Crippen LogP) is 2.17. The summed E-state index contributed by atoms with van der Waals surface area (Å²) in [4.78, 5) is 5.17. The molecule has 0 spiro atoms. The number of piperidine rings is 1. The van der Waals surface area contributed by atoms with Crippen LogP contribution in [-0.4, -0.2) is 55.1 Å². The van der Waals surface area contributed by atoms with Gasteiger partial charge < -0.3 is 10.6 Å². The van der Waals surface area contributed by atoms with Crippen LogP contribution in [0.5, 0.6) is 0 Å². The van der Waals surface area contributed by atoms with Crippen LogP contribution in [0.3, 0.4) is 0 Å². The van der Waals surface area contributed by atoms with E-state index in [9.17, 15) is 0 Å². The van der Waals surface area contributed by atoms with Crippen LogP contribution in [0.15, 0.2) is 0 Å². The summed E-state index contributed by atoms with van der Waals surface area (Å²) in [5, 5.41) is 0. The van der Waals surface area contributed by atoms with Gasteiger partial charge in [-0.1, -0.05) is 20.8 Å². The molecule has 2 atom stereocenters. The smallest absolute Gasteiger partial charge is 0.0122 e. The first-order chi connectivity index (χ1) is 8.39. The number of rotatable bonds is 6. The summed E-state index contributed by atoms with van der Waals surface area (Å²) in [7, 11) is 2.24. The van der Waals surface area contributed by atoms with E-state index in [2.05, 4.69) is 44.5 Å². The fourth-order valence-electron chi connectivity index (χ4n) is 2.89. The third-order valence-electron chi connectivity index (χ3n) is 4.39. The van der Waals surface area contributed by atoms with Crippen LogP contribution in [0.25, 0.3) is 0 Å². The number of nitrogens with zero attached hydrogens (tertiary/aromatic N) is 2. The maximum Gasteiger partial charge on any atom is 0.0122 e. The number of likely N-dealkylation sites (tertiary alicyclic amines) is 1. The molecule has 0 radical (unpaired) electrons. The highest BCUT2D eigenvalue weighted by Crippen LogP contribution is 2.24. The Hall–Kier alpha value is -0.120. The van der Waals surface area contributed by atoms with E-state index in [1.165, 1.54) is 32.4 Å². The third-order valence-corrected chi connectivity index (χ3v) is 4.39. The van der Waals surface area contributed by atoms with Crippen LogP contribution >= 0.6 is 0 Å². The van der Waals surface area contributed by atoms with Crippen LogP contribution in [0, 0.1) is 5.41 Å². The molecule has 0 bridgehead atoms. The van der Waals surface area contributed by atoms with E-state index in [4.69, 9.17) is 5.73 Å². The van der Waals surface area contributed by atoms with Gasteiger partial charge in [0.15, 0.2) is 0 Å². The summed E-state index contributed by atoms with van der Waals surface area (Å²) >= 11 is 0. The highest BCUT2D eigenvalue weighted by Gasteiger charge is 2.30. The quantitative estimate of drug-likeness (QED) is 0.789. The molecule has 1 heterocycles. The van der Waals surface area contributed by atoms with Gasteiger partial charge in [-0.2, -0.15) is 0 Å². The van der Waals surface area contributed by atoms with Gasteiger partial charge in [-0.25, -0.2) is 0 Å². The number of hydrogen-bond donors (Lipinski definition) is 1. The Morgan fingerprint density at radius 1 is 1.39 bits per heavy atom. The molecule has 0 aromatic carbocycles. The highest BCUT2D eigenvalue weighted by molar-refractivity contribution is 4.86. The van der Waals surface area contributed by atoms with Gasteiger partial charge in [0.05, 0.1) is 0 Å². The molecule has 2 N–H and O–H groups in total. The van der Waals surface area contributed by atoms with Crippen molar-refractivity contribution in [2.75, 3.05) is 33.2 Å². The molecule has 1 aliphatic rings. The zero-order valence-electron chi connectivity index (χ0n) is 13.1. The zero-order valence-corrected chi connectivity index (χ0v) is 13.1. The Kier molecular flexibility index (Phi) is 6.09. The first-order valence-corrected chi connectivity index (χ1v) is 7.54. The molecule has 0 amide bonds. The molecule has 1 aliphatic heterocycles. The lowest BCUT2D eigenvalue weighted by Gasteiger charge is -2.43. The molecule has 0 aliphatic carbocycles. The van der Waals surface area contributed by atoms with Gasteiger partial charge in [0.25, 0.3) is 0 Å². The standard InChI is InChI=1S/C15H33N3/c1-6-8-18(12-15(3,4)11-16)14-7-9-17(5)13(2)10-14/h13-14H,6-12,16H2,1-5H3. The predicted molar refractivity (Wildman–Crippen MR) is 79.8 cm³/mol. The van der Waals surface area contributed by atoms with Crippen molar-refractivity contribution in [3.63, 3.8) is 0 Å². The Morgan fingerprint density at radius 3 is 2.56 bits per heavy atom. The highest BCUT2D eigenvalue weighted by atomic mass is 15.2. The summed E-state index contributed by atoms with van der Waals surface area (Å²) in [5.74, 6) is 0. The minimum absolute atomic E-state index is 0.238. The average molecular weight is 255 g/mol. The van der Waals surface area contributed by atoms with Crippen molar-refractivity contribution < 1.29 is 0 Å². The summed E-state index contributed by atoms with van der Waals surface area (Å²) in [6.07, 6.45) is 3.85. The van der Waals surface area contributed by atoms with Crippen molar-refractivity contribution in [1.29, 1.82) is 0 Å². The van der Waals surface area contributed by atoms with Gasteiger partial charge in [-0.15, -0.1) is 0 Å². The Bertz CT molecular complexity index is 240. The largest absolute Gasteiger partial charge is 0.330 e. The van der Waals surface area contributed by atoms with Crippen molar-refractivity contribution in [3.8, 4) is 0 Å². The molecule has 0 saturated carbocycles. The lowest BCUT2D eigenvalue weighted by atomic mass is 9.90. The van der Waals surface area contributed by atoms with Crippen molar-refractivity contribution >= 4 is 0 Å². The second-order valence-corrected chi connectivity index (χ2v) is 6.85. The van der Waals surface area contributed by atoms with E-state index in [1.807, 2.05) is 0 Å². The van der Waals surface area contributed by atoms with Crippen molar-refractivity contribution in [2.45, 2.75) is 59.0 Å². The molecule has 0 aromatic rings. The summed E-state index contributed by atoms with van der Waals surface area (Å²) in [6, 6.07) is 1.46. The summed E-state index contributed by atoms with van der Waals surface area (Å²) in [5.41, 5.74) is 6.13. The van der Waals surface area contributed by atoms with Crippen molar-refractivity contribution in [2.24, 2.45) is 11.1 Å². The molecule has 3 heteroatoms. The van der Waals surface area contributed by atoms with Gasteiger partial charge >= 0.3 is 0 Å². The SMILES string of the molecule is CCCN(CC(C)(C)CN)C1CCN(C)C(C)C1. The Balaban J connectivity index is 2.61. The molecular formula is C15H33N3. The molecule has 1 saturated heterocycles. The van der Waals surface area contributed by atoms with Crippen LogP contribution in [-0.2, 0) is 0 Å². The minimum Gasteiger partial charge on any atom is -0.330 e. The Labute approximate surface area is 114 Å². The van der Waals surface area contributed by atoms with Crippen LogP contribution < -0.4 is 5.73 Å². The van der Waals surface area contributed by atoms with Gasteiger partial charge in [-0.05, 0) is 58.3 Å². The lowest BCUT2D eigenvalue weighted by molar-refractivity contribution is 0.0628. The van der Waals surface area contributed by atoms with Gasteiger partial charge in [0.1, 0.15) is 0 Å². The molecule has 1 fully saturated rings. The van der Waals surface area contributed by atoms with E-state index in [0.29, 0.717) is 6.04 Å². The molecule has 3 nitrogen and oxygen atoms in total. The van der Waals surface area contributed by atoms with Gasteiger partial charge in [0.2, 0.25) is 0 Å². The van der Waals surface area contributed by atoms with Gasteiger partial charge in [-0.3, -0.25) is 4.90 Å². The molecular weight excluding hydrogens is 222 g/mol. The summed E-state index contributed by atoms with van der Waals surface area (Å²) < 4.78 is 0. The minimum atomic E-state index is 0.238. The topological polar surface area (TPSA) is 32.5 Å². The van der Waals surface area contributed by atoms with E-state index >= 15 is 0 Å². The zero-order chi connectivity index (χ0) is 13.8. The molecule has 18 heavy (non-hydrogen) atoms. The van der Waals surface area contributed by atoms with Crippen LogP contribution in [0.2, 0.25) is 0 Å². The van der Waals surface area contributed by atoms with E-state index in [0.717, 1.165) is 19.1 Å². The fraction of sp³-hybridized carbons (Fsp3) is 1.00. The maximum atomic E-state index is 5.89. The molecule has 108 valence electrons. The van der Waals surface area contributed by atoms with E-state index in [-0.39, 0.29) is 5.41 Å². The monoisotopic (exact) mass is 255 g/mol. The van der Waals surface area contributed by atoms with Crippen molar-refractivity contribution in [3.05, 3.63) is 0 Å². The van der Waals surface area contributed by atoms with Crippen LogP contribution in [0.1, 0.15) is 47.0 Å². The fourth-order valence-corrected chi connectivity index (χ4v) is 2.89. The normalized spacial score (nSPS) is 26.8. The average Bonchev–Trinajstić information content (AvgIpc) is 2.32. The van der Waals surface area contributed by atoms with E-state index < -0.39 is 0 Å². The first kappa shape index (κ1) is 15.9. The lowest BCUT2D eigenvalue weighted by Crippen LogP contribution is -2.51. The van der Waals surface area contributed by atoms with Crippen LogP contribution in [0.4, 0.5) is 0 Å². The first-order valence-electron chi connectivity index (χ1n) is 7.54. The maximum absolute atomic E-state index is 5.89. The second-order valence-electron chi connectivity index (χ2n) is 6.85. The number of nitrogens with two attached hydrogens (primary N) is 1. The third kappa shape index (κ3) is 4.52. The van der Waals surface area contributed by atoms with Crippen molar-refractivity contribution in [1.82, 2.24) is 9.80 Å². The van der Waals surface area contributed by atoms with Gasteiger partial charge in [0, 0.05) is 18.6 Å². The second kappa shape index (κ2) is 6.88. The number of hydrogen-bond acceptors (Lipinski definition) is 3. The molecule has 0 aromatic heterocycles. The Morgan fingerprint density at radius 2 is 2.06 bits per heavy atom. The molecule has 2 unspecified atom stereocenters.